The third-order valence-corrected chi connectivity index (χ3v) is 5.30. The van der Waals surface area contributed by atoms with E-state index in [1.807, 2.05) is 19.9 Å². The van der Waals surface area contributed by atoms with Crippen molar-refractivity contribution in [3.8, 4) is 0 Å². The van der Waals surface area contributed by atoms with Crippen LogP contribution < -0.4 is 5.69 Å². The van der Waals surface area contributed by atoms with Crippen molar-refractivity contribution in [3.63, 3.8) is 0 Å². The molecule has 6 nitrogen and oxygen atoms in total. The van der Waals surface area contributed by atoms with Gasteiger partial charge < -0.3 is 4.57 Å². The summed E-state index contributed by atoms with van der Waals surface area (Å²) in [7, 11) is 0. The Morgan fingerprint density at radius 2 is 1.83 bits per heavy atom. The lowest BCUT2D eigenvalue weighted by atomic mass is 10.1. The lowest BCUT2D eigenvalue weighted by Crippen LogP contribution is -2.27. The van der Waals surface area contributed by atoms with E-state index in [2.05, 4.69) is 28.4 Å². The summed E-state index contributed by atoms with van der Waals surface area (Å²) < 4.78 is 19.4. The highest BCUT2D eigenvalue weighted by atomic mass is 19.1. The molecule has 1 aromatic carbocycles. The van der Waals surface area contributed by atoms with Crippen LogP contribution in [-0.2, 0) is 13.1 Å². The van der Waals surface area contributed by atoms with Crippen LogP contribution in [0.3, 0.4) is 0 Å². The third kappa shape index (κ3) is 3.45. The van der Waals surface area contributed by atoms with Gasteiger partial charge in [0.05, 0.1) is 34.8 Å². The molecule has 4 rings (SSSR count). The maximum absolute atomic E-state index is 13.8. The van der Waals surface area contributed by atoms with Crippen molar-refractivity contribution >= 4 is 22.1 Å². The number of fused-ring (bicyclic) bond motifs is 2. The molecule has 0 amide bonds. The van der Waals surface area contributed by atoms with Crippen LogP contribution in [0.1, 0.15) is 46.0 Å². The fourth-order valence-corrected chi connectivity index (χ4v) is 3.83. The van der Waals surface area contributed by atoms with Gasteiger partial charge in [-0.3, -0.25) is 14.1 Å². The third-order valence-electron chi connectivity index (χ3n) is 5.30. The number of aryl methyl sites for hydroxylation is 1. The lowest BCUT2D eigenvalue weighted by molar-refractivity contribution is 0.504. The molecule has 152 valence electrons. The first kappa shape index (κ1) is 19.4. The Morgan fingerprint density at radius 3 is 2.55 bits per heavy atom. The van der Waals surface area contributed by atoms with Gasteiger partial charge in [-0.05, 0) is 44.4 Å². The van der Waals surface area contributed by atoms with E-state index in [1.165, 1.54) is 12.1 Å². The molecule has 0 saturated carbocycles. The molecule has 0 unspecified atom stereocenters. The second-order valence-electron chi connectivity index (χ2n) is 8.19. The van der Waals surface area contributed by atoms with Crippen LogP contribution in [0.2, 0.25) is 0 Å². The zero-order valence-corrected chi connectivity index (χ0v) is 17.3. The highest BCUT2D eigenvalue weighted by molar-refractivity contribution is 5.77. The van der Waals surface area contributed by atoms with Gasteiger partial charge in [0.15, 0.2) is 0 Å². The van der Waals surface area contributed by atoms with Crippen LogP contribution in [0.5, 0.6) is 0 Å². The zero-order valence-electron chi connectivity index (χ0n) is 17.3. The average Bonchev–Trinajstić information content (AvgIpc) is 3.14. The van der Waals surface area contributed by atoms with Gasteiger partial charge in [-0.15, -0.1) is 0 Å². The number of aromatic nitrogens is 5. The molecule has 4 aromatic rings. The van der Waals surface area contributed by atoms with E-state index >= 15 is 0 Å². The number of imidazole rings is 2. The number of nitrogens with zero attached hydrogens (tertiary/aromatic N) is 5. The first-order valence-electron chi connectivity index (χ1n) is 10.1. The van der Waals surface area contributed by atoms with Crippen molar-refractivity contribution in [2.75, 3.05) is 0 Å². The van der Waals surface area contributed by atoms with Gasteiger partial charge in [0.25, 0.3) is 0 Å². The molecule has 29 heavy (non-hydrogen) atoms. The number of pyridine rings is 1. The van der Waals surface area contributed by atoms with Crippen molar-refractivity contribution in [1.29, 1.82) is 0 Å². The Morgan fingerprint density at radius 1 is 1.03 bits per heavy atom. The quantitative estimate of drug-likeness (QED) is 0.487. The molecule has 0 aliphatic heterocycles. The predicted molar refractivity (Wildman–Crippen MR) is 113 cm³/mol. The summed E-state index contributed by atoms with van der Waals surface area (Å²) in [5.41, 5.74) is 3.05. The first-order valence-corrected chi connectivity index (χ1v) is 10.1. The minimum atomic E-state index is -0.310. The van der Waals surface area contributed by atoms with Gasteiger partial charge in [0.2, 0.25) is 0 Å². The Labute approximate surface area is 168 Å². The first-order chi connectivity index (χ1) is 13.9. The number of hydrogen-bond donors (Lipinski definition) is 0. The predicted octanol–water partition coefficient (Wildman–Crippen LogP) is 4.36. The minimum Gasteiger partial charge on any atom is -0.326 e. The molecular formula is C22H26FN5O. The summed E-state index contributed by atoms with van der Waals surface area (Å²) in [5, 5.41) is 0. The Kier molecular flexibility index (Phi) is 4.98. The Hall–Kier alpha value is -2.96. The fraction of sp³-hybridized carbons (Fsp3) is 0.409. The summed E-state index contributed by atoms with van der Waals surface area (Å²) in [5.74, 6) is 0.964. The highest BCUT2D eigenvalue weighted by Gasteiger charge is 2.19. The number of hydrogen-bond acceptors (Lipinski definition) is 3. The lowest BCUT2D eigenvalue weighted by Gasteiger charge is -2.11. The molecule has 0 atom stereocenters. The van der Waals surface area contributed by atoms with E-state index in [9.17, 15) is 9.18 Å². The second kappa shape index (κ2) is 7.46. The molecule has 0 saturated heterocycles. The van der Waals surface area contributed by atoms with Crippen LogP contribution in [0.15, 0.2) is 41.5 Å². The van der Waals surface area contributed by atoms with Crippen molar-refractivity contribution in [2.45, 2.75) is 53.2 Å². The number of benzene rings is 1. The Balaban J connectivity index is 1.87. The number of rotatable bonds is 6. The smallest absolute Gasteiger partial charge is 0.326 e. The topological polar surface area (TPSA) is 57.6 Å². The standard InChI is InChI=1S/C22H26FN5O/c1-14(2)8-10-26-18-6-5-16(23)11-17(18)25-21(26)13-27-20-12-24-9-7-19(20)28(15(3)4)22(27)29/h5-7,9,11-12,14-15H,8,10,13H2,1-4H3. The molecule has 0 fully saturated rings. The van der Waals surface area contributed by atoms with Gasteiger partial charge in [0, 0.05) is 24.8 Å². The molecule has 3 heterocycles. The maximum atomic E-state index is 13.8. The van der Waals surface area contributed by atoms with Crippen LogP contribution in [0, 0.1) is 11.7 Å². The van der Waals surface area contributed by atoms with Crippen molar-refractivity contribution in [3.05, 3.63) is 58.8 Å². The van der Waals surface area contributed by atoms with Gasteiger partial charge in [-0.2, -0.15) is 0 Å². The number of halogens is 1. The Bertz CT molecular complexity index is 1230. The van der Waals surface area contributed by atoms with E-state index in [0.29, 0.717) is 18.0 Å². The summed E-state index contributed by atoms with van der Waals surface area (Å²) in [6.45, 7) is 9.41. The van der Waals surface area contributed by atoms with Crippen LogP contribution >= 0.6 is 0 Å². The molecule has 0 radical (unpaired) electrons. The van der Waals surface area contributed by atoms with Gasteiger partial charge in [-0.1, -0.05) is 13.8 Å². The minimum absolute atomic E-state index is 0.0301. The molecule has 0 aliphatic rings. The average molecular weight is 395 g/mol. The van der Waals surface area contributed by atoms with E-state index < -0.39 is 0 Å². The van der Waals surface area contributed by atoms with E-state index in [0.717, 1.165) is 35.3 Å². The molecule has 0 spiro atoms. The van der Waals surface area contributed by atoms with Crippen molar-refractivity contribution in [2.24, 2.45) is 5.92 Å². The van der Waals surface area contributed by atoms with Crippen molar-refractivity contribution < 1.29 is 4.39 Å². The summed E-state index contributed by atoms with van der Waals surface area (Å²) in [4.78, 5) is 22.1. The maximum Gasteiger partial charge on any atom is 0.329 e. The molecule has 0 bridgehead atoms. The van der Waals surface area contributed by atoms with Crippen LogP contribution in [0.4, 0.5) is 4.39 Å². The van der Waals surface area contributed by atoms with E-state index in [4.69, 9.17) is 0 Å². The largest absolute Gasteiger partial charge is 0.329 e. The van der Waals surface area contributed by atoms with Gasteiger partial charge >= 0.3 is 5.69 Å². The molecule has 0 aliphatic carbocycles. The van der Waals surface area contributed by atoms with Gasteiger partial charge in [-0.25, -0.2) is 14.2 Å². The summed E-state index contributed by atoms with van der Waals surface area (Å²) in [6.07, 6.45) is 4.39. The second-order valence-corrected chi connectivity index (χ2v) is 8.19. The summed E-state index contributed by atoms with van der Waals surface area (Å²) in [6, 6.07) is 6.57. The summed E-state index contributed by atoms with van der Waals surface area (Å²) >= 11 is 0. The van der Waals surface area contributed by atoms with Crippen molar-refractivity contribution in [1.82, 2.24) is 23.7 Å². The SMILES string of the molecule is CC(C)CCn1c(Cn2c(=O)n(C(C)C)c3ccncc32)nc2cc(F)ccc21. The molecular weight excluding hydrogens is 369 g/mol. The van der Waals surface area contributed by atoms with Crippen LogP contribution in [-0.4, -0.2) is 23.7 Å². The molecule has 7 heteroatoms. The zero-order chi connectivity index (χ0) is 20.7. The molecule has 0 N–H and O–H groups in total. The highest BCUT2D eigenvalue weighted by Crippen LogP contribution is 2.22. The molecule has 3 aromatic heterocycles. The normalized spacial score (nSPS) is 12.1. The van der Waals surface area contributed by atoms with E-state index in [1.54, 1.807) is 27.6 Å². The van der Waals surface area contributed by atoms with E-state index in [-0.39, 0.29) is 17.5 Å². The van der Waals surface area contributed by atoms with Gasteiger partial charge in [0.1, 0.15) is 11.6 Å². The van der Waals surface area contributed by atoms with Crippen LogP contribution in [0.25, 0.3) is 22.1 Å². The fourth-order valence-electron chi connectivity index (χ4n) is 3.83. The monoisotopic (exact) mass is 395 g/mol.